The predicted octanol–water partition coefficient (Wildman–Crippen LogP) is 5.10. The van der Waals surface area contributed by atoms with E-state index in [1.54, 1.807) is 0 Å². The molecule has 0 heterocycles. The Morgan fingerprint density at radius 1 is 0.929 bits per heavy atom. The Bertz CT molecular complexity index is 824. The third-order valence-corrected chi connectivity index (χ3v) is 5.96. The highest BCUT2D eigenvalue weighted by Crippen LogP contribution is 2.32. The van der Waals surface area contributed by atoms with E-state index in [0.29, 0.717) is 6.54 Å². The fourth-order valence-corrected chi connectivity index (χ4v) is 4.02. The van der Waals surface area contributed by atoms with Gasteiger partial charge in [-0.1, -0.05) is 30.3 Å². The van der Waals surface area contributed by atoms with Crippen molar-refractivity contribution in [2.75, 3.05) is 16.8 Å². The van der Waals surface area contributed by atoms with E-state index in [9.17, 15) is 9.59 Å². The molecule has 1 aliphatic rings. The van der Waals surface area contributed by atoms with E-state index >= 15 is 0 Å². The van der Waals surface area contributed by atoms with Crippen molar-refractivity contribution in [3.8, 4) is 0 Å². The summed E-state index contributed by atoms with van der Waals surface area (Å²) in [7, 11) is 0. The van der Waals surface area contributed by atoms with Crippen molar-refractivity contribution >= 4 is 23.2 Å². The Hall–Kier alpha value is -2.62. The molecule has 148 valence electrons. The molecule has 0 spiro atoms. The number of hydrogen-bond donors (Lipinski definition) is 1. The number of nitrogens with one attached hydrogen (secondary N) is 1. The number of carbonyl (C=O) groups is 2. The largest absolute Gasteiger partial charge is 0.326 e. The predicted molar refractivity (Wildman–Crippen MR) is 114 cm³/mol. The molecule has 0 unspecified atom stereocenters. The minimum absolute atomic E-state index is 0.00455. The number of hydrogen-bond acceptors (Lipinski definition) is 2. The summed E-state index contributed by atoms with van der Waals surface area (Å²) in [5.74, 6) is 0.248. The average molecular weight is 379 g/mol. The molecule has 0 bridgehead atoms. The number of amides is 2. The minimum atomic E-state index is -0.0178. The molecule has 0 saturated heterocycles. The Labute approximate surface area is 167 Å². The second kappa shape index (κ2) is 9.05. The number of anilines is 2. The lowest BCUT2D eigenvalue weighted by molar-refractivity contribution is -0.126. The molecule has 0 atom stereocenters. The van der Waals surface area contributed by atoms with E-state index in [1.807, 2.05) is 74.2 Å². The molecule has 4 heteroatoms. The van der Waals surface area contributed by atoms with E-state index in [4.69, 9.17) is 0 Å². The molecule has 1 saturated carbocycles. The van der Waals surface area contributed by atoms with E-state index in [1.165, 1.54) is 5.56 Å². The normalized spacial score (nSPS) is 19.1. The Kier molecular flexibility index (Phi) is 6.50. The summed E-state index contributed by atoms with van der Waals surface area (Å²) in [6, 6.07) is 15.8. The highest BCUT2D eigenvalue weighted by atomic mass is 16.2. The SMILES string of the molecule is CCN(C(=O)C1CCC(C(=O)Nc2cccc(C)c2C)CC1)c1ccccc1. The lowest BCUT2D eigenvalue weighted by Crippen LogP contribution is -2.39. The van der Waals surface area contributed by atoms with Crippen molar-refractivity contribution < 1.29 is 9.59 Å². The number of aryl methyl sites for hydroxylation is 1. The third kappa shape index (κ3) is 4.44. The maximum atomic E-state index is 13.0. The summed E-state index contributed by atoms with van der Waals surface area (Å²) < 4.78 is 0. The fourth-order valence-electron chi connectivity index (χ4n) is 4.02. The zero-order valence-corrected chi connectivity index (χ0v) is 17.1. The minimum Gasteiger partial charge on any atom is -0.326 e. The number of para-hydroxylation sites is 1. The van der Waals surface area contributed by atoms with Crippen molar-refractivity contribution in [3.63, 3.8) is 0 Å². The van der Waals surface area contributed by atoms with Gasteiger partial charge in [0.15, 0.2) is 0 Å². The Morgan fingerprint density at radius 2 is 1.57 bits per heavy atom. The molecular weight excluding hydrogens is 348 g/mol. The van der Waals surface area contributed by atoms with Crippen LogP contribution in [-0.2, 0) is 9.59 Å². The molecule has 1 N–H and O–H groups in total. The molecule has 28 heavy (non-hydrogen) atoms. The molecular formula is C24H30N2O2. The molecule has 2 aromatic rings. The zero-order chi connectivity index (χ0) is 20.1. The molecule has 1 aliphatic carbocycles. The molecule has 2 aromatic carbocycles. The van der Waals surface area contributed by atoms with E-state index in [2.05, 4.69) is 5.32 Å². The Balaban J connectivity index is 1.58. The van der Waals surface area contributed by atoms with Gasteiger partial charge in [-0.25, -0.2) is 0 Å². The highest BCUT2D eigenvalue weighted by Gasteiger charge is 2.32. The zero-order valence-electron chi connectivity index (χ0n) is 17.1. The Morgan fingerprint density at radius 3 is 2.21 bits per heavy atom. The first-order valence-corrected chi connectivity index (χ1v) is 10.2. The van der Waals surface area contributed by atoms with Crippen molar-refractivity contribution in [2.45, 2.75) is 46.5 Å². The summed E-state index contributed by atoms with van der Waals surface area (Å²) in [5.41, 5.74) is 4.13. The smallest absolute Gasteiger partial charge is 0.230 e. The lowest BCUT2D eigenvalue weighted by Gasteiger charge is -2.31. The van der Waals surface area contributed by atoms with Crippen LogP contribution in [0, 0.1) is 25.7 Å². The van der Waals surface area contributed by atoms with E-state index in [-0.39, 0.29) is 23.7 Å². The van der Waals surface area contributed by atoms with Crippen LogP contribution in [-0.4, -0.2) is 18.4 Å². The summed E-state index contributed by atoms with van der Waals surface area (Å²) in [4.78, 5) is 27.6. The second-order valence-electron chi connectivity index (χ2n) is 7.70. The second-order valence-corrected chi connectivity index (χ2v) is 7.70. The van der Waals surface area contributed by atoms with Gasteiger partial charge in [0.05, 0.1) is 0 Å². The van der Waals surface area contributed by atoms with Gasteiger partial charge in [0.2, 0.25) is 11.8 Å². The van der Waals surface area contributed by atoms with Gasteiger partial charge < -0.3 is 10.2 Å². The fraction of sp³-hybridized carbons (Fsp3) is 0.417. The molecule has 0 radical (unpaired) electrons. The van der Waals surface area contributed by atoms with E-state index < -0.39 is 0 Å². The lowest BCUT2D eigenvalue weighted by atomic mass is 9.80. The first-order valence-electron chi connectivity index (χ1n) is 10.2. The van der Waals surface area contributed by atoms with Crippen LogP contribution in [0.3, 0.4) is 0 Å². The monoisotopic (exact) mass is 378 g/mol. The van der Waals surface area contributed by atoms with Gasteiger partial charge >= 0.3 is 0 Å². The van der Waals surface area contributed by atoms with Crippen molar-refractivity contribution in [3.05, 3.63) is 59.7 Å². The van der Waals surface area contributed by atoms with Gasteiger partial charge in [-0.05, 0) is 75.8 Å². The van der Waals surface area contributed by atoms with Gasteiger partial charge in [0.1, 0.15) is 0 Å². The van der Waals surface area contributed by atoms with Gasteiger partial charge in [-0.3, -0.25) is 9.59 Å². The first kappa shape index (κ1) is 20.1. The van der Waals surface area contributed by atoms with Crippen LogP contribution in [0.15, 0.2) is 48.5 Å². The molecule has 2 amide bonds. The summed E-state index contributed by atoms with van der Waals surface area (Å²) in [6.45, 7) is 6.75. The number of benzene rings is 2. The van der Waals surface area contributed by atoms with Crippen LogP contribution >= 0.6 is 0 Å². The highest BCUT2D eigenvalue weighted by molar-refractivity contribution is 5.96. The van der Waals surface area contributed by atoms with Gasteiger partial charge in [0, 0.05) is 29.8 Å². The summed E-state index contributed by atoms with van der Waals surface area (Å²) in [6.07, 6.45) is 3.07. The number of carbonyl (C=O) groups excluding carboxylic acids is 2. The van der Waals surface area contributed by atoms with Crippen LogP contribution in [0.4, 0.5) is 11.4 Å². The van der Waals surface area contributed by atoms with Crippen LogP contribution in [0.5, 0.6) is 0 Å². The molecule has 4 nitrogen and oxygen atoms in total. The van der Waals surface area contributed by atoms with Gasteiger partial charge in [0.25, 0.3) is 0 Å². The van der Waals surface area contributed by atoms with Crippen molar-refractivity contribution in [1.82, 2.24) is 0 Å². The van der Waals surface area contributed by atoms with Crippen LogP contribution < -0.4 is 10.2 Å². The third-order valence-electron chi connectivity index (χ3n) is 5.96. The quantitative estimate of drug-likeness (QED) is 0.787. The van der Waals surface area contributed by atoms with Crippen LogP contribution in [0.1, 0.15) is 43.7 Å². The molecule has 3 rings (SSSR count). The molecule has 0 aliphatic heterocycles. The van der Waals surface area contributed by atoms with Crippen molar-refractivity contribution in [1.29, 1.82) is 0 Å². The average Bonchev–Trinajstić information content (AvgIpc) is 2.73. The van der Waals surface area contributed by atoms with Gasteiger partial charge in [-0.15, -0.1) is 0 Å². The first-order chi connectivity index (χ1) is 13.5. The van der Waals surface area contributed by atoms with E-state index in [0.717, 1.165) is 42.6 Å². The summed E-state index contributed by atoms with van der Waals surface area (Å²) >= 11 is 0. The number of nitrogens with zero attached hydrogens (tertiary/aromatic N) is 1. The topological polar surface area (TPSA) is 49.4 Å². The van der Waals surface area contributed by atoms with Gasteiger partial charge in [-0.2, -0.15) is 0 Å². The number of rotatable bonds is 5. The maximum absolute atomic E-state index is 13.0. The van der Waals surface area contributed by atoms with Crippen LogP contribution in [0.2, 0.25) is 0 Å². The molecule has 1 fully saturated rings. The maximum Gasteiger partial charge on any atom is 0.230 e. The molecule has 0 aromatic heterocycles. The summed E-state index contributed by atoms with van der Waals surface area (Å²) in [5, 5.41) is 3.09. The standard InChI is InChI=1S/C24H30N2O2/c1-4-26(21-10-6-5-7-11-21)24(28)20-15-13-19(14-16-20)23(27)25-22-12-8-9-17(2)18(22)3/h5-12,19-20H,4,13-16H2,1-3H3,(H,25,27). The van der Waals surface area contributed by atoms with Crippen LogP contribution in [0.25, 0.3) is 0 Å². The van der Waals surface area contributed by atoms with Crippen molar-refractivity contribution in [2.24, 2.45) is 11.8 Å².